The number of piperazine rings is 1. The zero-order chi connectivity index (χ0) is 26.1. The Morgan fingerprint density at radius 3 is 2.21 bits per heavy atom. The smallest absolute Gasteiger partial charge is 0.320 e. The van der Waals surface area contributed by atoms with Crippen LogP contribution in [0.15, 0.2) is 24.0 Å². The Balaban J connectivity index is 0.000000613. The molecule has 10 heteroatoms. The molecule has 3 atom stereocenters. The fraction of sp³-hybridized carbons (Fsp3) is 0.750. The van der Waals surface area contributed by atoms with E-state index >= 15 is 0 Å². The summed E-state index contributed by atoms with van der Waals surface area (Å²) in [4.78, 5) is 26.6. The Morgan fingerprint density at radius 2 is 1.76 bits per heavy atom. The molecule has 198 valence electrons. The number of esters is 1. The van der Waals surface area contributed by atoms with Crippen LogP contribution in [0.1, 0.15) is 41.0 Å². The van der Waals surface area contributed by atoms with Crippen LogP contribution in [0.3, 0.4) is 0 Å². The van der Waals surface area contributed by atoms with Crippen LogP contribution in [0.25, 0.3) is 0 Å². The van der Waals surface area contributed by atoms with Crippen LogP contribution in [0, 0.1) is 5.41 Å². The number of nitrogens with one attached hydrogen (secondary N) is 1. The molecule has 0 saturated carbocycles. The molecule has 2 unspecified atom stereocenters. The first-order chi connectivity index (χ1) is 16.1. The van der Waals surface area contributed by atoms with E-state index in [-0.39, 0.29) is 18.1 Å². The first-order valence-corrected chi connectivity index (χ1v) is 11.9. The van der Waals surface area contributed by atoms with Crippen molar-refractivity contribution in [3.8, 4) is 0 Å². The molecule has 0 aromatic heterocycles. The molecule has 0 bridgehead atoms. The molecule has 1 fully saturated rings. The number of nitrogens with zero attached hydrogens (tertiary/aromatic N) is 2. The second kappa shape index (κ2) is 17.5. The fourth-order valence-corrected chi connectivity index (χ4v) is 3.13. The Hall–Kier alpha value is -1.98. The van der Waals surface area contributed by atoms with Gasteiger partial charge in [-0.2, -0.15) is 0 Å². The fourth-order valence-electron chi connectivity index (χ4n) is 3.13. The second-order valence-corrected chi connectivity index (χ2v) is 8.25. The second-order valence-electron chi connectivity index (χ2n) is 8.25. The Bertz CT molecular complexity index is 646. The summed E-state index contributed by atoms with van der Waals surface area (Å²) in [6, 6.07) is 0. The Morgan fingerprint density at radius 1 is 1.18 bits per heavy atom. The Kier molecular flexibility index (Phi) is 16.4. The van der Waals surface area contributed by atoms with Gasteiger partial charge in [-0.3, -0.25) is 19.4 Å². The average Bonchev–Trinajstić information content (AvgIpc) is 2.85. The van der Waals surface area contributed by atoms with E-state index in [1.54, 1.807) is 7.11 Å². The zero-order valence-corrected chi connectivity index (χ0v) is 21.6. The lowest BCUT2D eigenvalue weighted by atomic mass is 9.83. The Labute approximate surface area is 204 Å². The zero-order valence-electron chi connectivity index (χ0n) is 21.6. The van der Waals surface area contributed by atoms with Crippen molar-refractivity contribution in [1.82, 2.24) is 15.1 Å². The van der Waals surface area contributed by atoms with Crippen molar-refractivity contribution in [2.24, 2.45) is 5.41 Å². The number of carbonyl (C=O) groups excluding carboxylic acids is 2. The normalized spacial score (nSPS) is 22.1. The molecule has 0 spiro atoms. The highest BCUT2D eigenvalue weighted by molar-refractivity contribution is 5.81. The largest absolute Gasteiger partial charge is 0.497 e. The number of aliphatic hydroxyl groups is 3. The topological polar surface area (TPSA) is 132 Å². The number of amides is 1. The van der Waals surface area contributed by atoms with Crippen molar-refractivity contribution in [3.05, 3.63) is 24.0 Å². The summed E-state index contributed by atoms with van der Waals surface area (Å²) in [5.74, 6) is 0.0916. The maximum Gasteiger partial charge on any atom is 0.320 e. The third-order valence-corrected chi connectivity index (χ3v) is 5.37. The number of rotatable bonds is 9. The number of methoxy groups -OCH3 is 1. The average molecular weight is 488 g/mol. The molecule has 0 radical (unpaired) electrons. The van der Waals surface area contributed by atoms with Gasteiger partial charge in [-0.1, -0.05) is 26.8 Å². The van der Waals surface area contributed by atoms with Gasteiger partial charge in [0.2, 0.25) is 0 Å². The summed E-state index contributed by atoms with van der Waals surface area (Å²) in [6.07, 6.45) is 4.09. The van der Waals surface area contributed by atoms with E-state index in [1.165, 1.54) is 6.92 Å². The minimum Gasteiger partial charge on any atom is -0.497 e. The van der Waals surface area contributed by atoms with E-state index in [0.29, 0.717) is 19.7 Å². The lowest BCUT2D eigenvalue weighted by Gasteiger charge is -2.32. The van der Waals surface area contributed by atoms with Crippen molar-refractivity contribution >= 4 is 11.9 Å². The molecular weight excluding hydrogens is 442 g/mol. The number of allylic oxidation sites excluding steroid dienone is 2. The van der Waals surface area contributed by atoms with E-state index in [0.717, 1.165) is 38.4 Å². The first-order valence-electron chi connectivity index (χ1n) is 11.9. The molecule has 4 N–H and O–H groups in total. The highest BCUT2D eigenvalue weighted by atomic mass is 16.5. The lowest BCUT2D eigenvalue weighted by Crippen LogP contribution is -2.48. The highest BCUT2D eigenvalue weighted by Crippen LogP contribution is 2.28. The molecule has 2 rings (SSSR count). The SMILES string of the molecule is CC.CCOC(=O)CN1CCN(CO)CC1.COC1=CCC(C)(CNC(=O)C(O)[C@H](C)O)C=C1. The summed E-state index contributed by atoms with van der Waals surface area (Å²) < 4.78 is 9.95. The van der Waals surface area contributed by atoms with Crippen LogP contribution in [0.4, 0.5) is 0 Å². The number of ether oxygens (including phenoxy) is 2. The monoisotopic (exact) mass is 487 g/mol. The van der Waals surface area contributed by atoms with Gasteiger partial charge in [0.05, 0.1) is 33.1 Å². The number of aliphatic hydroxyl groups excluding tert-OH is 3. The summed E-state index contributed by atoms with van der Waals surface area (Å²) in [6.45, 7) is 13.8. The van der Waals surface area contributed by atoms with Crippen LogP contribution >= 0.6 is 0 Å². The van der Waals surface area contributed by atoms with Gasteiger partial charge < -0.3 is 30.1 Å². The van der Waals surface area contributed by atoms with Crippen molar-refractivity contribution in [3.63, 3.8) is 0 Å². The van der Waals surface area contributed by atoms with Gasteiger partial charge in [0, 0.05) is 38.1 Å². The summed E-state index contributed by atoms with van der Waals surface area (Å²) >= 11 is 0. The highest BCUT2D eigenvalue weighted by Gasteiger charge is 2.26. The lowest BCUT2D eigenvalue weighted by molar-refractivity contribution is -0.145. The first kappa shape index (κ1) is 32.0. The number of hydrogen-bond donors (Lipinski definition) is 4. The predicted octanol–water partition coefficient (Wildman–Crippen LogP) is 0.484. The summed E-state index contributed by atoms with van der Waals surface area (Å²) in [5.41, 5.74) is -0.198. The minimum absolute atomic E-state index is 0.104. The molecule has 34 heavy (non-hydrogen) atoms. The van der Waals surface area contributed by atoms with Crippen LogP contribution in [-0.4, -0.2) is 109 Å². The van der Waals surface area contributed by atoms with Crippen LogP contribution in [0.5, 0.6) is 0 Å². The van der Waals surface area contributed by atoms with Crippen molar-refractivity contribution in [2.75, 3.05) is 59.7 Å². The van der Waals surface area contributed by atoms with E-state index in [9.17, 15) is 14.7 Å². The van der Waals surface area contributed by atoms with Gasteiger partial charge in [0.1, 0.15) is 5.76 Å². The maximum absolute atomic E-state index is 11.5. The van der Waals surface area contributed by atoms with Gasteiger partial charge in [0.25, 0.3) is 5.91 Å². The van der Waals surface area contributed by atoms with Crippen LogP contribution < -0.4 is 5.32 Å². The van der Waals surface area contributed by atoms with Gasteiger partial charge in [-0.25, -0.2) is 0 Å². The third-order valence-electron chi connectivity index (χ3n) is 5.37. The van der Waals surface area contributed by atoms with Crippen molar-refractivity contribution in [1.29, 1.82) is 0 Å². The maximum atomic E-state index is 11.5. The molecular formula is C24H45N3O7. The number of hydrogen-bond acceptors (Lipinski definition) is 9. The van der Waals surface area contributed by atoms with Gasteiger partial charge in [-0.05, 0) is 32.4 Å². The number of carbonyl (C=O) groups is 2. The third kappa shape index (κ3) is 12.5. The molecule has 1 heterocycles. The molecule has 0 aromatic rings. The van der Waals surface area contributed by atoms with Crippen molar-refractivity contribution < 1.29 is 34.4 Å². The summed E-state index contributed by atoms with van der Waals surface area (Å²) in [5, 5.41) is 30.0. The minimum atomic E-state index is -1.38. The van der Waals surface area contributed by atoms with E-state index in [4.69, 9.17) is 19.7 Å². The molecule has 1 amide bonds. The standard InChI is InChI=1S/C13H21NO4.C9H18N2O3.C2H6/c1-9(15)11(16)12(17)14-8-13(2)6-4-10(18-3)5-7-13;1-2-14-9(13)7-10-3-5-11(8-12)6-4-10;1-2/h4-6,9,11,15-16H,7-8H2,1-3H3,(H,14,17);12H,2-8H2,1H3;1-2H3/t9-,11?,13?;;/m0../s1. The van der Waals surface area contributed by atoms with Crippen molar-refractivity contribution in [2.45, 2.75) is 53.2 Å². The van der Waals surface area contributed by atoms with E-state index in [2.05, 4.69) is 5.32 Å². The summed E-state index contributed by atoms with van der Waals surface area (Å²) in [7, 11) is 1.61. The van der Waals surface area contributed by atoms with Gasteiger partial charge >= 0.3 is 5.97 Å². The molecule has 10 nitrogen and oxygen atoms in total. The van der Waals surface area contributed by atoms with Gasteiger partial charge in [-0.15, -0.1) is 0 Å². The molecule has 1 aliphatic carbocycles. The van der Waals surface area contributed by atoms with Crippen LogP contribution in [0.2, 0.25) is 0 Å². The molecule has 1 saturated heterocycles. The van der Waals surface area contributed by atoms with E-state index < -0.39 is 18.1 Å². The molecule has 2 aliphatic rings. The van der Waals surface area contributed by atoms with E-state index in [1.807, 2.05) is 55.7 Å². The quantitative estimate of drug-likeness (QED) is 0.343. The predicted molar refractivity (Wildman–Crippen MR) is 131 cm³/mol. The molecule has 0 aromatic carbocycles. The van der Waals surface area contributed by atoms with Crippen LogP contribution in [-0.2, 0) is 19.1 Å². The molecule has 1 aliphatic heterocycles. The van der Waals surface area contributed by atoms with Gasteiger partial charge in [0.15, 0.2) is 6.10 Å².